The minimum Gasteiger partial charge on any atom is -0.497 e. The van der Waals surface area contributed by atoms with Crippen LogP contribution in [0.1, 0.15) is 17.3 Å². The molecule has 3 rings (SSSR count). The maximum Gasteiger partial charge on any atom is 0.255 e. The maximum absolute atomic E-state index is 12.4. The summed E-state index contributed by atoms with van der Waals surface area (Å²) >= 11 is 0. The van der Waals surface area contributed by atoms with Crippen molar-refractivity contribution in [1.29, 1.82) is 0 Å². The molecule has 0 bridgehead atoms. The van der Waals surface area contributed by atoms with Gasteiger partial charge in [0.1, 0.15) is 11.5 Å². The fourth-order valence-corrected chi connectivity index (χ4v) is 2.83. The Hall–Kier alpha value is -3.61. The second-order valence-electron chi connectivity index (χ2n) is 6.22. The Kier molecular flexibility index (Phi) is 6.63. The summed E-state index contributed by atoms with van der Waals surface area (Å²) in [5.74, 6) is 1.03. The van der Waals surface area contributed by atoms with Gasteiger partial charge in [0.15, 0.2) is 0 Å². The second-order valence-corrected chi connectivity index (χ2v) is 6.22. The third kappa shape index (κ3) is 5.01. The quantitative estimate of drug-likeness (QED) is 0.636. The van der Waals surface area contributed by atoms with Gasteiger partial charge in [-0.2, -0.15) is 0 Å². The lowest BCUT2D eigenvalue weighted by atomic mass is 10.1. The highest BCUT2D eigenvalue weighted by atomic mass is 16.5. The van der Waals surface area contributed by atoms with Gasteiger partial charge in [-0.15, -0.1) is 0 Å². The van der Waals surface area contributed by atoms with Crippen molar-refractivity contribution in [2.75, 3.05) is 20.3 Å². The molecule has 0 aliphatic heterocycles. The van der Waals surface area contributed by atoms with Crippen LogP contribution in [0.5, 0.6) is 11.5 Å². The summed E-state index contributed by atoms with van der Waals surface area (Å²) in [4.78, 5) is 29.1. The van der Waals surface area contributed by atoms with Crippen LogP contribution in [0.15, 0.2) is 65.7 Å². The van der Waals surface area contributed by atoms with E-state index in [4.69, 9.17) is 9.47 Å². The van der Waals surface area contributed by atoms with Crippen molar-refractivity contribution < 1.29 is 14.3 Å². The van der Waals surface area contributed by atoms with E-state index in [1.807, 2.05) is 37.3 Å². The number of hydrogen-bond acceptors (Lipinski definition) is 5. The molecule has 3 aromatic rings. The number of methoxy groups -OCH3 is 1. The van der Waals surface area contributed by atoms with Crippen molar-refractivity contribution in [3.8, 4) is 22.8 Å². The number of ether oxygens (including phenoxy) is 2. The van der Waals surface area contributed by atoms with Crippen molar-refractivity contribution in [3.05, 3.63) is 76.8 Å². The van der Waals surface area contributed by atoms with Crippen LogP contribution in [-0.2, 0) is 6.54 Å². The summed E-state index contributed by atoms with van der Waals surface area (Å²) in [7, 11) is 1.60. The monoisotopic (exact) mass is 393 g/mol. The topological polar surface area (TPSA) is 82.4 Å². The normalized spacial score (nSPS) is 10.4. The van der Waals surface area contributed by atoms with Gasteiger partial charge >= 0.3 is 0 Å². The fourth-order valence-electron chi connectivity index (χ4n) is 2.83. The van der Waals surface area contributed by atoms with Crippen LogP contribution in [0.25, 0.3) is 11.3 Å². The predicted octanol–water partition coefficient (Wildman–Crippen LogP) is 2.75. The molecule has 0 saturated heterocycles. The van der Waals surface area contributed by atoms with E-state index < -0.39 is 0 Å². The third-order valence-electron chi connectivity index (χ3n) is 4.34. The molecule has 0 aliphatic carbocycles. The summed E-state index contributed by atoms with van der Waals surface area (Å²) in [6.07, 6.45) is 1.49. The number of carbonyl (C=O) groups excluding carboxylic acids is 1. The second kappa shape index (κ2) is 9.54. The molecular formula is C22H23N3O4. The van der Waals surface area contributed by atoms with Crippen LogP contribution >= 0.6 is 0 Å². The molecule has 0 saturated carbocycles. The van der Waals surface area contributed by atoms with Crippen LogP contribution in [-0.4, -0.2) is 35.7 Å². The molecule has 29 heavy (non-hydrogen) atoms. The van der Waals surface area contributed by atoms with Crippen molar-refractivity contribution in [1.82, 2.24) is 14.9 Å². The molecule has 150 valence electrons. The average molecular weight is 393 g/mol. The van der Waals surface area contributed by atoms with Gasteiger partial charge in [-0.1, -0.05) is 12.1 Å². The number of rotatable bonds is 8. The summed E-state index contributed by atoms with van der Waals surface area (Å²) in [5.41, 5.74) is 1.70. The molecule has 1 heterocycles. The number of hydrogen-bond donors (Lipinski definition) is 1. The molecule has 0 spiro atoms. The lowest BCUT2D eigenvalue weighted by Gasteiger charge is -2.11. The van der Waals surface area contributed by atoms with Gasteiger partial charge in [-0.05, 0) is 43.3 Å². The third-order valence-corrected chi connectivity index (χ3v) is 4.34. The molecule has 0 atom stereocenters. The summed E-state index contributed by atoms with van der Waals surface area (Å²) in [6.45, 7) is 2.95. The van der Waals surface area contributed by atoms with Crippen LogP contribution in [0.3, 0.4) is 0 Å². The van der Waals surface area contributed by atoms with Gasteiger partial charge in [-0.25, -0.2) is 4.98 Å². The van der Waals surface area contributed by atoms with E-state index in [2.05, 4.69) is 10.3 Å². The zero-order valence-electron chi connectivity index (χ0n) is 16.4. The van der Waals surface area contributed by atoms with Gasteiger partial charge in [0.25, 0.3) is 11.5 Å². The Morgan fingerprint density at radius 2 is 1.90 bits per heavy atom. The van der Waals surface area contributed by atoms with E-state index in [0.29, 0.717) is 36.7 Å². The van der Waals surface area contributed by atoms with Gasteiger partial charge in [-0.3, -0.25) is 14.2 Å². The number of nitrogens with one attached hydrogen (secondary N) is 1. The van der Waals surface area contributed by atoms with E-state index >= 15 is 0 Å². The number of amides is 1. The number of para-hydroxylation sites is 1. The largest absolute Gasteiger partial charge is 0.497 e. The Bertz CT molecular complexity index is 1030. The average Bonchev–Trinajstić information content (AvgIpc) is 2.75. The number of aromatic nitrogens is 2. The van der Waals surface area contributed by atoms with Gasteiger partial charge in [0.2, 0.25) is 0 Å². The van der Waals surface area contributed by atoms with Crippen molar-refractivity contribution >= 4 is 5.91 Å². The van der Waals surface area contributed by atoms with Crippen molar-refractivity contribution in [2.45, 2.75) is 13.5 Å². The number of benzene rings is 2. The van der Waals surface area contributed by atoms with E-state index in [9.17, 15) is 9.59 Å². The van der Waals surface area contributed by atoms with Crippen LogP contribution < -0.4 is 20.3 Å². The van der Waals surface area contributed by atoms with Crippen molar-refractivity contribution in [3.63, 3.8) is 0 Å². The lowest BCUT2D eigenvalue weighted by molar-refractivity contribution is 0.0948. The molecule has 0 radical (unpaired) electrons. The first-order valence-corrected chi connectivity index (χ1v) is 9.33. The Balaban J connectivity index is 1.62. The molecular weight excluding hydrogens is 370 g/mol. The first-order chi connectivity index (χ1) is 14.1. The molecule has 0 unspecified atom stereocenters. The molecule has 1 aromatic heterocycles. The molecule has 0 fully saturated rings. The minimum atomic E-state index is -0.245. The molecule has 1 amide bonds. The maximum atomic E-state index is 12.4. The minimum absolute atomic E-state index is 0.185. The highest BCUT2D eigenvalue weighted by molar-refractivity contribution is 5.96. The number of nitrogens with zero attached hydrogens (tertiary/aromatic N) is 2. The smallest absolute Gasteiger partial charge is 0.255 e. The van der Waals surface area contributed by atoms with E-state index in [1.54, 1.807) is 25.3 Å². The highest BCUT2D eigenvalue weighted by Gasteiger charge is 2.11. The number of carbonyl (C=O) groups is 1. The first-order valence-electron chi connectivity index (χ1n) is 9.33. The Morgan fingerprint density at radius 1 is 1.14 bits per heavy atom. The highest BCUT2D eigenvalue weighted by Crippen LogP contribution is 2.19. The Morgan fingerprint density at radius 3 is 2.59 bits per heavy atom. The van der Waals surface area contributed by atoms with E-state index in [1.165, 1.54) is 17.0 Å². The lowest BCUT2D eigenvalue weighted by Crippen LogP contribution is -2.31. The molecule has 2 aromatic carbocycles. The van der Waals surface area contributed by atoms with Crippen LogP contribution in [0.2, 0.25) is 0 Å². The fraction of sp³-hybridized carbons (Fsp3) is 0.227. The predicted molar refractivity (Wildman–Crippen MR) is 110 cm³/mol. The molecule has 7 nitrogen and oxygen atoms in total. The summed E-state index contributed by atoms with van der Waals surface area (Å²) in [6, 6.07) is 15.9. The zero-order valence-corrected chi connectivity index (χ0v) is 16.4. The Labute approximate surface area is 168 Å². The van der Waals surface area contributed by atoms with Crippen LogP contribution in [0, 0.1) is 0 Å². The van der Waals surface area contributed by atoms with Crippen LogP contribution in [0.4, 0.5) is 0 Å². The zero-order chi connectivity index (χ0) is 20.6. The van der Waals surface area contributed by atoms with E-state index in [-0.39, 0.29) is 11.5 Å². The molecule has 1 N–H and O–H groups in total. The van der Waals surface area contributed by atoms with Gasteiger partial charge in [0.05, 0.1) is 31.3 Å². The summed E-state index contributed by atoms with van der Waals surface area (Å²) in [5, 5.41) is 2.81. The SMILES string of the molecule is CCOc1ccccc1C(=O)NCCn1cnc(-c2ccc(OC)cc2)cc1=O. The standard InChI is InChI=1S/C22H23N3O4/c1-3-29-20-7-5-4-6-18(20)22(27)23-12-13-25-15-24-19(14-21(25)26)16-8-10-17(28-2)11-9-16/h4-11,14-15H,3,12-13H2,1-2H3,(H,23,27). The first kappa shape index (κ1) is 20.1. The molecule has 0 aliphatic rings. The summed E-state index contributed by atoms with van der Waals surface area (Å²) < 4.78 is 12.1. The van der Waals surface area contributed by atoms with Gasteiger partial charge in [0, 0.05) is 24.7 Å². The molecule has 7 heteroatoms. The van der Waals surface area contributed by atoms with Crippen molar-refractivity contribution in [2.24, 2.45) is 0 Å². The van der Waals surface area contributed by atoms with Gasteiger partial charge < -0.3 is 14.8 Å². The van der Waals surface area contributed by atoms with E-state index in [0.717, 1.165) is 11.3 Å².